The van der Waals surface area contributed by atoms with Crippen LogP contribution in [0, 0.1) is 27.7 Å². The van der Waals surface area contributed by atoms with Crippen molar-refractivity contribution in [2.75, 3.05) is 0 Å². The van der Waals surface area contributed by atoms with Crippen molar-refractivity contribution < 1.29 is 67.4 Å². The molecule has 5 rings (SSSR count). The minimum Gasteiger partial charge on any atom is 2.00 e. The molecular formula is C36H40CuF12N6P2. The van der Waals surface area contributed by atoms with E-state index in [0.717, 1.165) is 84.8 Å². The molecule has 6 nitrogen and oxygen atoms in total. The largest absolute Gasteiger partial charge is 2.00 e. The zero-order valence-corrected chi connectivity index (χ0v) is 33.6. The van der Waals surface area contributed by atoms with Crippen LogP contribution in [0.15, 0.2) is 97.1 Å². The molecule has 1 radical (unpaired) electrons. The zero-order valence-electron chi connectivity index (χ0n) is 30.9. The van der Waals surface area contributed by atoms with Crippen molar-refractivity contribution in [2.45, 2.75) is 67.0 Å². The SMILES string of the molecule is Cc1cccc(CN(Cc2cccc(CN(Cc3cccc(C)n3)Cc3cccc(C)n3)c2)Cc2cccc(C)n2)n1.F[P-](F)(F)(F)(F)F.F[P-](F)(F)(F)(F)F.[Cu+2]. The minimum atomic E-state index is -10.7. The average Bonchev–Trinajstić information content (AvgIpc) is 2.98. The molecule has 0 saturated heterocycles. The first-order valence-corrected chi connectivity index (χ1v) is 20.7. The van der Waals surface area contributed by atoms with E-state index < -0.39 is 15.6 Å². The summed E-state index contributed by atoms with van der Waals surface area (Å²) in [5, 5.41) is 0. The average molecular weight is 910 g/mol. The number of hydrogen-bond donors (Lipinski definition) is 0. The predicted molar refractivity (Wildman–Crippen MR) is 195 cm³/mol. The molecule has 0 spiro atoms. The molecule has 0 fully saturated rings. The molecule has 4 aromatic heterocycles. The first-order valence-electron chi connectivity index (χ1n) is 16.6. The number of benzene rings is 1. The van der Waals surface area contributed by atoms with Crippen molar-refractivity contribution in [1.29, 1.82) is 0 Å². The molecule has 5 aromatic rings. The standard InChI is InChI=1S/C36H40N6.Cu.2F6P/c1-27-10-5-16-33(37-27)23-41(24-34-17-6-11-28(2)38-34)21-31-14-9-15-32(20-31)22-42(25-35-18-7-12-29(3)39-35)26-36-19-8-13-30(4)40-36;;2*1-7(2,3,4,5)6/h5-20H,21-26H2,1-4H3;;;/q;+2;2*-1. The quantitative estimate of drug-likeness (QED) is 0.0706. The molecule has 0 aliphatic rings. The Morgan fingerprint density at radius 3 is 0.789 bits per heavy atom. The second-order valence-electron chi connectivity index (χ2n) is 13.1. The van der Waals surface area contributed by atoms with Crippen LogP contribution in [0.3, 0.4) is 0 Å². The van der Waals surface area contributed by atoms with E-state index in [0.29, 0.717) is 0 Å². The minimum absolute atomic E-state index is 0. The summed E-state index contributed by atoms with van der Waals surface area (Å²) in [6, 6.07) is 33.9. The third-order valence-electron chi connectivity index (χ3n) is 7.13. The van der Waals surface area contributed by atoms with Gasteiger partial charge >= 0.3 is 83.0 Å². The smallest absolute Gasteiger partial charge is 2.00 e. The Labute approximate surface area is 332 Å². The molecule has 21 heteroatoms. The van der Waals surface area contributed by atoms with Crippen molar-refractivity contribution in [1.82, 2.24) is 29.7 Å². The van der Waals surface area contributed by atoms with E-state index in [1.807, 2.05) is 52.0 Å². The predicted octanol–water partition coefficient (Wildman–Crippen LogP) is 13.7. The van der Waals surface area contributed by atoms with Gasteiger partial charge in [0.05, 0.1) is 22.8 Å². The van der Waals surface area contributed by atoms with Gasteiger partial charge in [0.2, 0.25) is 0 Å². The summed E-state index contributed by atoms with van der Waals surface area (Å²) in [5.41, 5.74) is 11.0. The molecule has 0 atom stereocenters. The summed E-state index contributed by atoms with van der Waals surface area (Å²) in [4.78, 5) is 24.0. The molecule has 0 bridgehead atoms. The third-order valence-corrected chi connectivity index (χ3v) is 7.13. The van der Waals surface area contributed by atoms with Gasteiger partial charge in [-0.15, -0.1) is 0 Å². The maximum absolute atomic E-state index is 10.7. The summed E-state index contributed by atoms with van der Waals surface area (Å²) in [7, 11) is -21.3. The van der Waals surface area contributed by atoms with Crippen molar-refractivity contribution >= 4 is 15.6 Å². The number of rotatable bonds is 12. The number of aryl methyl sites for hydroxylation is 4. The maximum Gasteiger partial charge on any atom is 2.00 e. The van der Waals surface area contributed by atoms with Crippen LogP contribution in [0.1, 0.15) is 56.7 Å². The van der Waals surface area contributed by atoms with Gasteiger partial charge in [-0.1, -0.05) is 48.5 Å². The van der Waals surface area contributed by atoms with Gasteiger partial charge in [0.15, 0.2) is 0 Å². The molecular weight excluding hydrogens is 870 g/mol. The molecule has 0 saturated carbocycles. The van der Waals surface area contributed by atoms with Gasteiger partial charge in [-0.25, -0.2) is 0 Å². The first kappa shape index (κ1) is 49.4. The Morgan fingerprint density at radius 1 is 0.368 bits per heavy atom. The molecule has 0 aliphatic heterocycles. The van der Waals surface area contributed by atoms with Crippen LogP contribution in [-0.2, 0) is 56.3 Å². The van der Waals surface area contributed by atoms with Gasteiger partial charge in [-0.3, -0.25) is 29.7 Å². The summed E-state index contributed by atoms with van der Waals surface area (Å²) in [6.45, 7) is 12.8. The van der Waals surface area contributed by atoms with Gasteiger partial charge < -0.3 is 0 Å². The Hall–Kier alpha value is -3.72. The van der Waals surface area contributed by atoms with Crippen molar-refractivity contribution in [3.8, 4) is 0 Å². The van der Waals surface area contributed by atoms with Crippen molar-refractivity contribution in [3.63, 3.8) is 0 Å². The summed E-state index contributed by atoms with van der Waals surface area (Å²) < 4.78 is 118. The summed E-state index contributed by atoms with van der Waals surface area (Å²) in [6.07, 6.45) is 0. The zero-order chi connectivity index (χ0) is 42.1. The summed E-state index contributed by atoms with van der Waals surface area (Å²) in [5.74, 6) is 0. The van der Waals surface area contributed by atoms with Crippen molar-refractivity contribution in [2.24, 2.45) is 0 Å². The van der Waals surface area contributed by atoms with Crippen LogP contribution < -0.4 is 0 Å². The van der Waals surface area contributed by atoms with Gasteiger partial charge in [-0.2, -0.15) is 0 Å². The molecule has 4 heterocycles. The summed E-state index contributed by atoms with van der Waals surface area (Å²) >= 11 is 0. The van der Waals surface area contributed by atoms with Crippen LogP contribution in [0.2, 0.25) is 0 Å². The Kier molecular flexibility index (Phi) is 15.3. The van der Waals surface area contributed by atoms with Gasteiger partial charge in [0.25, 0.3) is 0 Å². The van der Waals surface area contributed by atoms with Crippen LogP contribution in [-0.4, -0.2) is 29.7 Å². The van der Waals surface area contributed by atoms with Crippen LogP contribution in [0.4, 0.5) is 50.4 Å². The molecule has 0 aliphatic carbocycles. The number of halogens is 12. The van der Waals surface area contributed by atoms with E-state index >= 15 is 0 Å². The molecule has 0 N–H and O–H groups in total. The molecule has 0 amide bonds. The van der Waals surface area contributed by atoms with E-state index in [9.17, 15) is 50.4 Å². The monoisotopic (exact) mass is 909 g/mol. The van der Waals surface area contributed by atoms with Crippen LogP contribution >= 0.6 is 15.6 Å². The van der Waals surface area contributed by atoms with Gasteiger partial charge in [-0.05, 0) is 87.4 Å². The fourth-order valence-electron chi connectivity index (χ4n) is 5.34. The number of hydrogen-bond acceptors (Lipinski definition) is 6. The second kappa shape index (κ2) is 17.6. The van der Waals surface area contributed by atoms with E-state index in [2.05, 4.69) is 82.6 Å². The normalized spacial score (nSPS) is 14.1. The van der Waals surface area contributed by atoms with E-state index in [1.54, 1.807) is 0 Å². The molecule has 1 aromatic carbocycles. The van der Waals surface area contributed by atoms with E-state index in [-0.39, 0.29) is 17.1 Å². The van der Waals surface area contributed by atoms with E-state index in [1.165, 1.54) is 11.1 Å². The Balaban J connectivity index is 0.000000639. The van der Waals surface area contributed by atoms with Crippen LogP contribution in [0.25, 0.3) is 0 Å². The third kappa shape index (κ3) is 26.8. The topological polar surface area (TPSA) is 58.0 Å². The molecule has 319 valence electrons. The fourth-order valence-corrected chi connectivity index (χ4v) is 5.34. The van der Waals surface area contributed by atoms with Crippen molar-refractivity contribution in [3.05, 3.63) is 154 Å². The van der Waals surface area contributed by atoms with Gasteiger partial charge in [0, 0.05) is 62.0 Å². The number of aromatic nitrogens is 4. The Bertz CT molecular complexity index is 1830. The number of nitrogens with zero attached hydrogens (tertiary/aromatic N) is 6. The molecule has 0 unspecified atom stereocenters. The Morgan fingerprint density at radius 2 is 0.579 bits per heavy atom. The second-order valence-corrected chi connectivity index (χ2v) is 16.9. The maximum atomic E-state index is 9.87. The van der Waals surface area contributed by atoms with Crippen LogP contribution in [0.5, 0.6) is 0 Å². The molecule has 57 heavy (non-hydrogen) atoms. The van der Waals surface area contributed by atoms with E-state index in [4.69, 9.17) is 19.9 Å². The number of pyridine rings is 4. The first-order chi connectivity index (χ1) is 25.3. The fraction of sp³-hybridized carbons (Fsp3) is 0.278. The van der Waals surface area contributed by atoms with Gasteiger partial charge in [0.1, 0.15) is 0 Å².